The monoisotopic (exact) mass is 509 g/mol. The summed E-state index contributed by atoms with van der Waals surface area (Å²) < 4.78 is 16.5. The minimum Gasteiger partial charge on any atom is -0.496 e. The predicted octanol–water partition coefficient (Wildman–Crippen LogP) is 4.48. The molecule has 1 atom stereocenters. The molecule has 0 radical (unpaired) electrons. The zero-order valence-corrected chi connectivity index (χ0v) is 21.9. The van der Waals surface area contributed by atoms with Crippen LogP contribution in [0.3, 0.4) is 0 Å². The second-order valence-corrected chi connectivity index (χ2v) is 10.1. The van der Waals surface area contributed by atoms with Crippen LogP contribution in [-0.4, -0.2) is 72.0 Å². The van der Waals surface area contributed by atoms with E-state index in [9.17, 15) is 9.59 Å². The zero-order chi connectivity index (χ0) is 26.4. The van der Waals surface area contributed by atoms with Gasteiger partial charge in [-0.25, -0.2) is 14.6 Å². The molecule has 37 heavy (non-hydrogen) atoms. The number of nitrogens with zero attached hydrogens (tertiary/aromatic N) is 3. The van der Waals surface area contributed by atoms with Crippen LogP contribution in [0.4, 0.5) is 15.4 Å². The third kappa shape index (κ3) is 7.19. The van der Waals surface area contributed by atoms with Gasteiger partial charge in [-0.3, -0.25) is 10.3 Å². The summed E-state index contributed by atoms with van der Waals surface area (Å²) in [6.45, 7) is 7.79. The maximum absolute atomic E-state index is 12.7. The van der Waals surface area contributed by atoms with Gasteiger partial charge in [0.2, 0.25) is 0 Å². The van der Waals surface area contributed by atoms with Crippen molar-refractivity contribution in [2.24, 2.45) is 0 Å². The number of hydrogen-bond acceptors (Lipinski definition) is 7. The number of urea groups is 1. The van der Waals surface area contributed by atoms with E-state index in [0.29, 0.717) is 37.8 Å². The van der Waals surface area contributed by atoms with Crippen LogP contribution >= 0.6 is 0 Å². The highest BCUT2D eigenvalue weighted by Gasteiger charge is 2.28. The van der Waals surface area contributed by atoms with Crippen LogP contribution in [0.15, 0.2) is 36.7 Å². The number of nitrogens with one attached hydrogen (secondary N) is 2. The molecule has 1 aromatic heterocycles. The van der Waals surface area contributed by atoms with Crippen LogP contribution in [0.25, 0.3) is 16.8 Å². The Kier molecular flexibility index (Phi) is 8.27. The van der Waals surface area contributed by atoms with E-state index in [4.69, 9.17) is 14.2 Å². The molecule has 198 valence electrons. The Bertz CT molecular complexity index is 1160. The highest BCUT2D eigenvalue weighted by Crippen LogP contribution is 2.33. The fraction of sp³-hybridized carbons (Fsp3) is 0.481. The van der Waals surface area contributed by atoms with Crippen molar-refractivity contribution in [3.63, 3.8) is 0 Å². The van der Waals surface area contributed by atoms with Crippen molar-refractivity contribution in [2.75, 3.05) is 38.7 Å². The Morgan fingerprint density at radius 2 is 2.05 bits per heavy atom. The summed E-state index contributed by atoms with van der Waals surface area (Å²) in [6.07, 6.45) is 7.23. The number of amides is 3. The third-order valence-electron chi connectivity index (χ3n) is 6.09. The summed E-state index contributed by atoms with van der Waals surface area (Å²) in [4.78, 5) is 35.6. The molecule has 1 aromatic carbocycles. The van der Waals surface area contributed by atoms with Gasteiger partial charge in [-0.05, 0) is 51.7 Å². The molecule has 0 bridgehead atoms. The molecular formula is C27H35N5O5. The van der Waals surface area contributed by atoms with E-state index in [0.717, 1.165) is 36.1 Å². The molecule has 1 saturated heterocycles. The van der Waals surface area contributed by atoms with Gasteiger partial charge in [0.25, 0.3) is 0 Å². The van der Waals surface area contributed by atoms with E-state index in [2.05, 4.69) is 26.7 Å². The second-order valence-electron chi connectivity index (χ2n) is 10.1. The molecule has 2 aromatic rings. The maximum atomic E-state index is 12.7. The lowest BCUT2D eigenvalue weighted by molar-refractivity contribution is 0.0191. The topological polar surface area (TPSA) is 115 Å². The van der Waals surface area contributed by atoms with Gasteiger partial charge in [0, 0.05) is 30.3 Å². The van der Waals surface area contributed by atoms with Gasteiger partial charge in [0.05, 0.1) is 38.4 Å². The van der Waals surface area contributed by atoms with Gasteiger partial charge in [-0.1, -0.05) is 18.2 Å². The first-order valence-electron chi connectivity index (χ1n) is 12.5. The van der Waals surface area contributed by atoms with Crippen molar-refractivity contribution >= 4 is 23.5 Å². The molecule has 2 aliphatic heterocycles. The number of methoxy groups -OCH3 is 1. The SMILES string of the molecule is COc1cc(-c2cncc(NC(=O)N[C@H]3CCCN(C(=O)OC(C)(C)C)C3)n2)ccc1C1=CCOCC1. The van der Waals surface area contributed by atoms with Crippen molar-refractivity contribution in [3.8, 4) is 17.0 Å². The van der Waals surface area contributed by atoms with Crippen molar-refractivity contribution in [1.29, 1.82) is 0 Å². The highest BCUT2D eigenvalue weighted by molar-refractivity contribution is 5.88. The molecular weight excluding hydrogens is 474 g/mol. The van der Waals surface area contributed by atoms with Gasteiger partial charge < -0.3 is 24.4 Å². The molecule has 2 N–H and O–H groups in total. The molecule has 0 spiro atoms. The van der Waals surface area contributed by atoms with Crippen molar-refractivity contribution in [2.45, 2.75) is 51.7 Å². The van der Waals surface area contributed by atoms with Crippen molar-refractivity contribution in [3.05, 3.63) is 42.2 Å². The number of carbonyl (C=O) groups excluding carboxylic acids is 2. The Morgan fingerprint density at radius 1 is 1.22 bits per heavy atom. The third-order valence-corrected chi connectivity index (χ3v) is 6.09. The van der Waals surface area contributed by atoms with E-state index in [1.165, 1.54) is 11.8 Å². The molecule has 3 amide bonds. The van der Waals surface area contributed by atoms with E-state index in [1.807, 2.05) is 39.0 Å². The second kappa shape index (κ2) is 11.6. The summed E-state index contributed by atoms with van der Waals surface area (Å²) in [7, 11) is 1.64. The number of carbonyl (C=O) groups is 2. The van der Waals surface area contributed by atoms with Crippen molar-refractivity contribution in [1.82, 2.24) is 20.2 Å². The van der Waals surface area contributed by atoms with E-state index in [-0.39, 0.29) is 12.1 Å². The molecule has 4 rings (SSSR count). The Balaban J connectivity index is 1.39. The highest BCUT2D eigenvalue weighted by atomic mass is 16.6. The molecule has 0 saturated carbocycles. The predicted molar refractivity (Wildman–Crippen MR) is 140 cm³/mol. The first kappa shape index (κ1) is 26.4. The Morgan fingerprint density at radius 3 is 2.78 bits per heavy atom. The van der Waals surface area contributed by atoms with Crippen LogP contribution in [-0.2, 0) is 9.47 Å². The molecule has 10 nitrogen and oxygen atoms in total. The van der Waals surface area contributed by atoms with Crippen LogP contribution < -0.4 is 15.4 Å². The molecule has 0 unspecified atom stereocenters. The minimum atomic E-state index is -0.565. The largest absolute Gasteiger partial charge is 0.496 e. The van der Waals surface area contributed by atoms with Crippen LogP contribution in [0, 0.1) is 0 Å². The molecule has 1 fully saturated rings. The summed E-state index contributed by atoms with van der Waals surface area (Å²) in [5.41, 5.74) is 3.10. The first-order chi connectivity index (χ1) is 17.7. The number of ether oxygens (including phenoxy) is 3. The van der Waals surface area contributed by atoms with Gasteiger partial charge in [-0.15, -0.1) is 0 Å². The molecule has 0 aliphatic carbocycles. The maximum Gasteiger partial charge on any atom is 0.410 e. The number of hydrogen-bond donors (Lipinski definition) is 2. The molecule has 3 heterocycles. The normalized spacial score (nSPS) is 18.0. The lowest BCUT2D eigenvalue weighted by atomic mass is 9.98. The summed E-state index contributed by atoms with van der Waals surface area (Å²) in [5.74, 6) is 1.07. The van der Waals surface area contributed by atoms with Crippen LogP contribution in [0.2, 0.25) is 0 Å². The van der Waals surface area contributed by atoms with E-state index in [1.54, 1.807) is 18.2 Å². The molecule has 10 heteroatoms. The summed E-state index contributed by atoms with van der Waals surface area (Å²) >= 11 is 0. The smallest absolute Gasteiger partial charge is 0.410 e. The number of piperidine rings is 1. The number of anilines is 1. The minimum absolute atomic E-state index is 0.186. The average molecular weight is 510 g/mol. The zero-order valence-electron chi connectivity index (χ0n) is 21.9. The van der Waals surface area contributed by atoms with E-state index >= 15 is 0 Å². The fourth-order valence-electron chi connectivity index (χ4n) is 4.38. The van der Waals surface area contributed by atoms with Crippen molar-refractivity contribution < 1.29 is 23.8 Å². The Labute approximate surface area is 217 Å². The van der Waals surface area contributed by atoms with E-state index < -0.39 is 11.6 Å². The number of likely N-dealkylation sites (tertiary alicyclic amines) is 1. The number of benzene rings is 1. The lowest BCUT2D eigenvalue weighted by Gasteiger charge is -2.34. The first-order valence-corrected chi connectivity index (χ1v) is 12.5. The van der Waals surface area contributed by atoms with Crippen LogP contribution in [0.1, 0.15) is 45.6 Å². The summed E-state index contributed by atoms with van der Waals surface area (Å²) in [5, 5.41) is 5.69. The summed E-state index contributed by atoms with van der Waals surface area (Å²) in [6, 6.07) is 5.32. The fourth-order valence-corrected chi connectivity index (χ4v) is 4.38. The average Bonchev–Trinajstić information content (AvgIpc) is 2.88. The molecule has 2 aliphatic rings. The van der Waals surface area contributed by atoms with Crippen LogP contribution in [0.5, 0.6) is 5.75 Å². The van der Waals surface area contributed by atoms with Gasteiger partial charge >= 0.3 is 12.1 Å². The lowest BCUT2D eigenvalue weighted by Crippen LogP contribution is -2.51. The Hall–Kier alpha value is -3.66. The van der Waals surface area contributed by atoms with Gasteiger partial charge in [0.1, 0.15) is 11.4 Å². The number of aromatic nitrogens is 2. The standard InChI is InChI=1S/C27H35N5O5/c1-27(2,3)37-26(34)32-11-5-6-20(17-32)29-25(33)31-24-16-28-15-22(30-24)19-7-8-21(23(14-19)35-4)18-9-12-36-13-10-18/h7-9,14-16,20H,5-6,10-13,17H2,1-4H3,(H2,29,30,31,33)/t20-/m0/s1. The number of rotatable bonds is 5. The van der Waals surface area contributed by atoms with Gasteiger partial charge in [-0.2, -0.15) is 0 Å². The quantitative estimate of drug-likeness (QED) is 0.611. The van der Waals surface area contributed by atoms with Gasteiger partial charge in [0.15, 0.2) is 5.82 Å².